The zero-order chi connectivity index (χ0) is 6.69. The van der Waals surface area contributed by atoms with E-state index in [1.165, 1.54) is 0 Å². The number of thiocarbonyl (C=S) groups is 1. The first-order chi connectivity index (χ1) is 4.34. The molecule has 1 aromatic heterocycles. The van der Waals surface area contributed by atoms with Crippen LogP contribution >= 0.6 is 12.2 Å². The number of aromatic nitrogens is 2. The van der Waals surface area contributed by atoms with Crippen LogP contribution in [0.3, 0.4) is 0 Å². The van der Waals surface area contributed by atoms with Crippen LogP contribution in [-0.2, 0) is 0 Å². The molecule has 3 nitrogen and oxygen atoms in total. The second kappa shape index (κ2) is 2.59. The van der Waals surface area contributed by atoms with Crippen molar-refractivity contribution in [1.29, 1.82) is 0 Å². The summed E-state index contributed by atoms with van der Waals surface area (Å²) in [6.07, 6.45) is 3.28. The number of hydrogen-bond acceptors (Lipinski definition) is 2. The summed E-state index contributed by atoms with van der Waals surface area (Å²) in [6, 6.07) is 0. The van der Waals surface area contributed by atoms with Gasteiger partial charge in [0.05, 0.1) is 18.2 Å². The number of nitrogens with zero attached hydrogens (tertiary/aromatic N) is 1. The van der Waals surface area contributed by atoms with Crippen LogP contribution in [0.1, 0.15) is 5.69 Å². The molecule has 0 atom stereocenters. The number of H-pyrrole nitrogens is 1. The molecule has 0 aliphatic heterocycles. The van der Waals surface area contributed by atoms with Gasteiger partial charge in [-0.1, -0.05) is 12.2 Å². The summed E-state index contributed by atoms with van der Waals surface area (Å²) in [7, 11) is 1.78. The van der Waals surface area contributed by atoms with Crippen molar-refractivity contribution in [3.05, 3.63) is 18.2 Å². The minimum absolute atomic E-state index is 0.688. The van der Waals surface area contributed by atoms with Gasteiger partial charge in [0.2, 0.25) is 0 Å². The van der Waals surface area contributed by atoms with Gasteiger partial charge in [0.1, 0.15) is 4.99 Å². The van der Waals surface area contributed by atoms with E-state index in [4.69, 9.17) is 12.2 Å². The Morgan fingerprint density at radius 1 is 1.89 bits per heavy atom. The maximum atomic E-state index is 4.89. The largest absolute Gasteiger partial charge is 0.378 e. The molecule has 0 saturated carbocycles. The number of hydrogen-bond donors (Lipinski definition) is 2. The molecular weight excluding hydrogens is 134 g/mol. The lowest BCUT2D eigenvalue weighted by Crippen LogP contribution is -2.16. The third-order valence-corrected chi connectivity index (χ3v) is 1.39. The average molecular weight is 141 g/mol. The Balaban J connectivity index is 2.77. The highest BCUT2D eigenvalue weighted by Gasteiger charge is 1.95. The average Bonchev–Trinajstić information content (AvgIpc) is 2.37. The SMILES string of the molecule is CNC(=S)c1cnc[nH]1. The van der Waals surface area contributed by atoms with Crippen LogP contribution in [0.4, 0.5) is 0 Å². The second-order valence-electron chi connectivity index (χ2n) is 1.54. The van der Waals surface area contributed by atoms with Crippen LogP contribution in [-0.4, -0.2) is 22.0 Å². The predicted molar refractivity (Wildman–Crippen MR) is 39.3 cm³/mol. The van der Waals surface area contributed by atoms with Crippen molar-refractivity contribution < 1.29 is 0 Å². The van der Waals surface area contributed by atoms with E-state index in [1.54, 1.807) is 19.6 Å². The Kier molecular flexibility index (Phi) is 1.79. The van der Waals surface area contributed by atoms with Gasteiger partial charge < -0.3 is 10.3 Å². The van der Waals surface area contributed by atoms with Crippen molar-refractivity contribution in [3.8, 4) is 0 Å². The highest BCUT2D eigenvalue weighted by Crippen LogP contribution is 1.89. The topological polar surface area (TPSA) is 40.7 Å². The number of nitrogens with one attached hydrogen (secondary N) is 2. The fourth-order valence-electron chi connectivity index (χ4n) is 0.515. The fourth-order valence-corrected chi connectivity index (χ4v) is 0.626. The van der Waals surface area contributed by atoms with E-state index >= 15 is 0 Å². The molecule has 1 aromatic rings. The summed E-state index contributed by atoms with van der Waals surface area (Å²) in [5, 5.41) is 2.83. The first kappa shape index (κ1) is 6.22. The first-order valence-electron chi connectivity index (χ1n) is 2.55. The molecule has 0 bridgehead atoms. The highest BCUT2D eigenvalue weighted by atomic mass is 32.1. The van der Waals surface area contributed by atoms with E-state index in [9.17, 15) is 0 Å². The van der Waals surface area contributed by atoms with E-state index in [2.05, 4.69) is 15.3 Å². The van der Waals surface area contributed by atoms with Gasteiger partial charge in [0, 0.05) is 7.05 Å². The minimum atomic E-state index is 0.688. The second-order valence-corrected chi connectivity index (χ2v) is 1.95. The van der Waals surface area contributed by atoms with Crippen molar-refractivity contribution in [3.63, 3.8) is 0 Å². The Bertz CT molecular complexity index is 192. The molecule has 0 radical (unpaired) electrons. The molecule has 0 aromatic carbocycles. The smallest absolute Gasteiger partial charge is 0.124 e. The summed E-state index contributed by atoms with van der Waals surface area (Å²) in [5.41, 5.74) is 0.854. The van der Waals surface area contributed by atoms with Crippen LogP contribution in [0.2, 0.25) is 0 Å². The first-order valence-corrected chi connectivity index (χ1v) is 2.96. The number of aromatic amines is 1. The summed E-state index contributed by atoms with van der Waals surface area (Å²) >= 11 is 4.89. The van der Waals surface area contributed by atoms with Gasteiger partial charge in [-0.2, -0.15) is 0 Å². The molecule has 1 heterocycles. The quantitative estimate of drug-likeness (QED) is 0.553. The summed E-state index contributed by atoms with van der Waals surface area (Å²) in [5.74, 6) is 0. The van der Waals surface area contributed by atoms with E-state index in [-0.39, 0.29) is 0 Å². The van der Waals surface area contributed by atoms with Crippen LogP contribution in [0.15, 0.2) is 12.5 Å². The van der Waals surface area contributed by atoms with E-state index < -0.39 is 0 Å². The van der Waals surface area contributed by atoms with Crippen molar-refractivity contribution in [2.45, 2.75) is 0 Å². The van der Waals surface area contributed by atoms with Crippen molar-refractivity contribution in [2.75, 3.05) is 7.05 Å². The van der Waals surface area contributed by atoms with Crippen LogP contribution in [0.25, 0.3) is 0 Å². The lowest BCUT2D eigenvalue weighted by molar-refractivity contribution is 1.18. The highest BCUT2D eigenvalue weighted by molar-refractivity contribution is 7.80. The molecule has 0 aliphatic carbocycles. The molecule has 0 spiro atoms. The lowest BCUT2D eigenvalue weighted by atomic mass is 10.5. The van der Waals surface area contributed by atoms with Crippen LogP contribution in [0.5, 0.6) is 0 Å². The van der Waals surface area contributed by atoms with Gasteiger partial charge in [0.15, 0.2) is 0 Å². The van der Waals surface area contributed by atoms with E-state index in [0.29, 0.717) is 4.99 Å². The van der Waals surface area contributed by atoms with Gasteiger partial charge in [-0.05, 0) is 0 Å². The summed E-state index contributed by atoms with van der Waals surface area (Å²) < 4.78 is 0. The molecule has 4 heteroatoms. The summed E-state index contributed by atoms with van der Waals surface area (Å²) in [6.45, 7) is 0. The van der Waals surface area contributed by atoms with Crippen molar-refractivity contribution >= 4 is 17.2 Å². The summed E-state index contributed by atoms with van der Waals surface area (Å²) in [4.78, 5) is 7.37. The Morgan fingerprint density at radius 3 is 3.11 bits per heavy atom. The van der Waals surface area contributed by atoms with E-state index in [1.807, 2.05) is 0 Å². The van der Waals surface area contributed by atoms with Gasteiger partial charge in [-0.15, -0.1) is 0 Å². The third-order valence-electron chi connectivity index (χ3n) is 0.970. The zero-order valence-electron chi connectivity index (χ0n) is 5.01. The molecule has 48 valence electrons. The maximum Gasteiger partial charge on any atom is 0.124 e. The van der Waals surface area contributed by atoms with Gasteiger partial charge in [-0.3, -0.25) is 0 Å². The number of rotatable bonds is 1. The monoisotopic (exact) mass is 141 g/mol. The van der Waals surface area contributed by atoms with Crippen LogP contribution < -0.4 is 5.32 Å². The third kappa shape index (κ3) is 1.26. The molecule has 0 saturated heterocycles. The van der Waals surface area contributed by atoms with Gasteiger partial charge in [0.25, 0.3) is 0 Å². The van der Waals surface area contributed by atoms with Crippen molar-refractivity contribution in [1.82, 2.24) is 15.3 Å². The number of imidazole rings is 1. The molecule has 0 unspecified atom stereocenters. The Labute approximate surface area is 58.5 Å². The maximum absolute atomic E-state index is 4.89. The fraction of sp³-hybridized carbons (Fsp3) is 0.200. The molecular formula is C5H7N3S. The molecule has 9 heavy (non-hydrogen) atoms. The minimum Gasteiger partial charge on any atom is -0.378 e. The van der Waals surface area contributed by atoms with E-state index in [0.717, 1.165) is 5.69 Å². The standard InChI is InChI=1S/C5H7N3S/c1-6-5(9)4-2-7-3-8-4/h2-3H,1H3,(H,6,9)(H,7,8). The van der Waals surface area contributed by atoms with Crippen LogP contribution in [0, 0.1) is 0 Å². The Morgan fingerprint density at radius 2 is 2.67 bits per heavy atom. The van der Waals surface area contributed by atoms with Gasteiger partial charge >= 0.3 is 0 Å². The lowest BCUT2D eigenvalue weighted by Gasteiger charge is -1.94. The molecule has 0 aliphatic rings. The van der Waals surface area contributed by atoms with Gasteiger partial charge in [-0.25, -0.2) is 4.98 Å². The molecule has 2 N–H and O–H groups in total. The molecule has 0 fully saturated rings. The Hall–Kier alpha value is -0.900. The normalized spacial score (nSPS) is 9.00. The molecule has 1 rings (SSSR count). The molecule has 0 amide bonds. The predicted octanol–water partition coefficient (Wildman–Crippen LogP) is 0.305. The van der Waals surface area contributed by atoms with Crippen molar-refractivity contribution in [2.24, 2.45) is 0 Å². The zero-order valence-corrected chi connectivity index (χ0v) is 5.83.